The zero-order chi connectivity index (χ0) is 11.1. The van der Waals surface area contributed by atoms with Gasteiger partial charge in [-0.05, 0) is 18.2 Å². The first-order valence-corrected chi connectivity index (χ1v) is 5.92. The topological polar surface area (TPSA) is 12.0 Å². The summed E-state index contributed by atoms with van der Waals surface area (Å²) in [5.41, 5.74) is 0.656. The predicted molar refractivity (Wildman–Crippen MR) is 65.7 cm³/mol. The van der Waals surface area contributed by atoms with E-state index < -0.39 is 0 Å². The lowest BCUT2D eigenvalue weighted by atomic mass is 10.2. The molecule has 1 N–H and O–H groups in total. The Morgan fingerprint density at radius 1 is 1.40 bits per heavy atom. The molecule has 1 aromatic rings. The number of benzene rings is 1. The maximum atomic E-state index is 13.2. The fourth-order valence-corrected chi connectivity index (χ4v) is 1.65. The Hall–Kier alpha value is -0.380. The average Bonchev–Trinajstić information content (AvgIpc) is 2.23. The summed E-state index contributed by atoms with van der Waals surface area (Å²) in [6.07, 6.45) is 3.77. The fourth-order valence-electron chi connectivity index (χ4n) is 1.12. The number of nitrogens with one attached hydrogen (secondary N) is 1. The molecule has 0 fully saturated rings. The molecule has 0 heterocycles. The van der Waals surface area contributed by atoms with Gasteiger partial charge in [0.25, 0.3) is 0 Å². The van der Waals surface area contributed by atoms with Crippen molar-refractivity contribution < 1.29 is 4.39 Å². The average molecular weight is 293 g/mol. The number of hydrogen-bond donors (Lipinski definition) is 1. The molecule has 0 atom stereocenters. The van der Waals surface area contributed by atoms with Crippen molar-refractivity contribution in [2.75, 3.05) is 12.4 Å². The fraction of sp³-hybridized carbons (Fsp3) is 0.273. The van der Waals surface area contributed by atoms with Crippen LogP contribution in [0.4, 0.5) is 4.39 Å². The summed E-state index contributed by atoms with van der Waals surface area (Å²) >= 11 is 8.77. The third-order valence-corrected chi connectivity index (χ3v) is 2.51. The SMILES string of the molecule is Fc1ccc(Br)cc1CNC/C=C/CCl. The van der Waals surface area contributed by atoms with Crippen LogP contribution in [-0.4, -0.2) is 12.4 Å². The summed E-state index contributed by atoms with van der Waals surface area (Å²) < 4.78 is 14.1. The zero-order valence-corrected chi connectivity index (χ0v) is 10.5. The molecule has 0 bridgehead atoms. The Bertz CT molecular complexity index is 341. The van der Waals surface area contributed by atoms with Crippen molar-refractivity contribution in [3.63, 3.8) is 0 Å². The monoisotopic (exact) mass is 291 g/mol. The number of rotatable bonds is 5. The van der Waals surface area contributed by atoms with E-state index in [1.165, 1.54) is 6.07 Å². The van der Waals surface area contributed by atoms with Crippen LogP contribution in [-0.2, 0) is 6.54 Å². The first-order chi connectivity index (χ1) is 7.24. The standard InChI is InChI=1S/C11H12BrClFN/c12-10-3-4-11(14)9(7-10)8-15-6-2-1-5-13/h1-4,7,15H,5-6,8H2/b2-1+. The lowest BCUT2D eigenvalue weighted by molar-refractivity contribution is 0.596. The molecule has 1 rings (SSSR count). The molecule has 0 aliphatic rings. The van der Waals surface area contributed by atoms with Gasteiger partial charge in [-0.3, -0.25) is 0 Å². The van der Waals surface area contributed by atoms with Gasteiger partial charge >= 0.3 is 0 Å². The minimum Gasteiger partial charge on any atom is -0.309 e. The molecule has 0 aliphatic heterocycles. The first-order valence-electron chi connectivity index (χ1n) is 4.59. The van der Waals surface area contributed by atoms with Crippen LogP contribution in [0.15, 0.2) is 34.8 Å². The lowest BCUT2D eigenvalue weighted by Gasteiger charge is -2.04. The largest absolute Gasteiger partial charge is 0.309 e. The highest BCUT2D eigenvalue weighted by Crippen LogP contribution is 2.15. The van der Waals surface area contributed by atoms with Crippen molar-refractivity contribution in [2.45, 2.75) is 6.54 Å². The second-order valence-corrected chi connectivity index (χ2v) is 4.22. The molecule has 1 aromatic carbocycles. The maximum absolute atomic E-state index is 13.2. The van der Waals surface area contributed by atoms with Crippen LogP contribution in [0.25, 0.3) is 0 Å². The maximum Gasteiger partial charge on any atom is 0.127 e. The summed E-state index contributed by atoms with van der Waals surface area (Å²) in [6, 6.07) is 4.91. The van der Waals surface area contributed by atoms with E-state index in [1.807, 2.05) is 12.2 Å². The minimum atomic E-state index is -0.188. The molecule has 0 aromatic heterocycles. The Morgan fingerprint density at radius 2 is 2.20 bits per heavy atom. The molecular formula is C11H12BrClFN. The minimum absolute atomic E-state index is 0.188. The predicted octanol–water partition coefficient (Wildman–Crippen LogP) is 3.47. The molecule has 0 aliphatic carbocycles. The molecule has 1 nitrogen and oxygen atoms in total. The van der Waals surface area contributed by atoms with Crippen LogP contribution in [0.3, 0.4) is 0 Å². The first kappa shape index (κ1) is 12.7. The summed E-state index contributed by atoms with van der Waals surface area (Å²) in [5, 5.41) is 3.10. The third-order valence-electron chi connectivity index (χ3n) is 1.84. The molecule has 0 saturated heterocycles. The van der Waals surface area contributed by atoms with Crippen LogP contribution < -0.4 is 5.32 Å². The van der Waals surface area contributed by atoms with Crippen LogP contribution >= 0.6 is 27.5 Å². The van der Waals surface area contributed by atoms with Crippen molar-refractivity contribution in [2.24, 2.45) is 0 Å². The highest BCUT2D eigenvalue weighted by Gasteiger charge is 2.00. The van der Waals surface area contributed by atoms with Gasteiger partial charge in [-0.15, -0.1) is 11.6 Å². The van der Waals surface area contributed by atoms with E-state index in [2.05, 4.69) is 21.2 Å². The van der Waals surface area contributed by atoms with E-state index >= 15 is 0 Å². The van der Waals surface area contributed by atoms with Crippen molar-refractivity contribution in [1.82, 2.24) is 5.32 Å². The van der Waals surface area contributed by atoms with Crippen LogP contribution in [0, 0.1) is 5.82 Å². The van der Waals surface area contributed by atoms with E-state index in [4.69, 9.17) is 11.6 Å². The molecule has 0 saturated carbocycles. The van der Waals surface area contributed by atoms with Gasteiger partial charge in [0.15, 0.2) is 0 Å². The Morgan fingerprint density at radius 3 is 2.93 bits per heavy atom. The van der Waals surface area contributed by atoms with E-state index in [-0.39, 0.29) is 5.82 Å². The molecule has 0 radical (unpaired) electrons. The van der Waals surface area contributed by atoms with E-state index in [0.29, 0.717) is 24.5 Å². The van der Waals surface area contributed by atoms with Crippen molar-refractivity contribution in [3.8, 4) is 0 Å². The quantitative estimate of drug-likeness (QED) is 0.498. The van der Waals surface area contributed by atoms with Crippen molar-refractivity contribution >= 4 is 27.5 Å². The van der Waals surface area contributed by atoms with Gasteiger partial charge in [0.05, 0.1) is 0 Å². The van der Waals surface area contributed by atoms with Crippen LogP contribution in [0.1, 0.15) is 5.56 Å². The molecule has 15 heavy (non-hydrogen) atoms. The van der Waals surface area contributed by atoms with Crippen molar-refractivity contribution in [3.05, 3.63) is 46.2 Å². The van der Waals surface area contributed by atoms with E-state index in [0.717, 1.165) is 4.47 Å². The lowest BCUT2D eigenvalue weighted by Crippen LogP contribution is -2.13. The van der Waals surface area contributed by atoms with Gasteiger partial charge in [-0.25, -0.2) is 4.39 Å². The van der Waals surface area contributed by atoms with Gasteiger partial charge in [-0.1, -0.05) is 28.1 Å². The molecule has 0 unspecified atom stereocenters. The normalized spacial score (nSPS) is 11.1. The second kappa shape index (κ2) is 6.99. The van der Waals surface area contributed by atoms with Gasteiger partial charge in [0.1, 0.15) is 5.82 Å². The zero-order valence-electron chi connectivity index (χ0n) is 8.14. The number of alkyl halides is 1. The number of allylic oxidation sites excluding steroid dienone is 1. The number of hydrogen-bond acceptors (Lipinski definition) is 1. The third kappa shape index (κ3) is 4.78. The molecular weight excluding hydrogens is 280 g/mol. The van der Waals surface area contributed by atoms with Gasteiger partial charge in [0.2, 0.25) is 0 Å². The van der Waals surface area contributed by atoms with E-state index in [1.54, 1.807) is 12.1 Å². The summed E-state index contributed by atoms with van der Waals surface area (Å²) in [4.78, 5) is 0. The molecule has 0 spiro atoms. The summed E-state index contributed by atoms with van der Waals surface area (Å²) in [7, 11) is 0. The highest BCUT2D eigenvalue weighted by molar-refractivity contribution is 9.10. The van der Waals surface area contributed by atoms with Crippen LogP contribution in [0.5, 0.6) is 0 Å². The second-order valence-electron chi connectivity index (χ2n) is 2.99. The number of halogens is 3. The smallest absolute Gasteiger partial charge is 0.127 e. The Kier molecular flexibility index (Phi) is 5.91. The highest BCUT2D eigenvalue weighted by atomic mass is 79.9. The van der Waals surface area contributed by atoms with Crippen molar-refractivity contribution in [1.29, 1.82) is 0 Å². The molecule has 0 amide bonds. The van der Waals surface area contributed by atoms with E-state index in [9.17, 15) is 4.39 Å². The summed E-state index contributed by atoms with van der Waals surface area (Å²) in [5.74, 6) is 0.319. The molecule has 82 valence electrons. The molecule has 4 heteroatoms. The summed E-state index contributed by atoms with van der Waals surface area (Å²) in [6.45, 7) is 1.20. The van der Waals surface area contributed by atoms with Gasteiger partial charge in [-0.2, -0.15) is 0 Å². The van der Waals surface area contributed by atoms with Crippen LogP contribution in [0.2, 0.25) is 0 Å². The Balaban J connectivity index is 2.43. The Labute approximate surface area is 102 Å². The van der Waals surface area contributed by atoms with Gasteiger partial charge < -0.3 is 5.32 Å². The van der Waals surface area contributed by atoms with Gasteiger partial charge in [0, 0.05) is 29.0 Å².